The molecule has 35 heavy (non-hydrogen) atoms. The number of rotatable bonds is 4. The molecule has 4 unspecified atom stereocenters. The van der Waals surface area contributed by atoms with E-state index in [4.69, 9.17) is 19.7 Å². The lowest BCUT2D eigenvalue weighted by Gasteiger charge is -2.09. The van der Waals surface area contributed by atoms with E-state index in [1.807, 2.05) is 31.2 Å². The second-order valence-electron chi connectivity index (χ2n) is 8.24. The number of nitrogens with zero attached hydrogens (tertiary/aromatic N) is 2. The summed E-state index contributed by atoms with van der Waals surface area (Å²) in [7, 11) is 1.66. The molecule has 1 amide bonds. The molecule has 2 saturated heterocycles. The van der Waals surface area contributed by atoms with Crippen LogP contribution in [0.25, 0.3) is 22.2 Å². The van der Waals surface area contributed by atoms with Crippen molar-refractivity contribution < 1.29 is 24.5 Å². The molecular weight excluding hydrogens is 450 g/mol. The molecule has 10 heteroatoms. The van der Waals surface area contributed by atoms with Crippen LogP contribution in [0.5, 0.6) is 0 Å². The van der Waals surface area contributed by atoms with Crippen molar-refractivity contribution in [3.63, 3.8) is 0 Å². The third-order valence-electron chi connectivity index (χ3n) is 5.75. The fourth-order valence-corrected chi connectivity index (χ4v) is 4.02. The number of aryl methyl sites for hydroxylation is 1. The van der Waals surface area contributed by atoms with Gasteiger partial charge in [-0.3, -0.25) is 4.79 Å². The van der Waals surface area contributed by atoms with Crippen molar-refractivity contribution in [3.05, 3.63) is 66.5 Å². The maximum Gasteiger partial charge on any atom is 0.256 e. The average Bonchev–Trinajstić information content (AvgIpc) is 3.54. The summed E-state index contributed by atoms with van der Waals surface area (Å²) in [5.74, 6) is 1.03. The van der Waals surface area contributed by atoms with Crippen LogP contribution in [0.2, 0.25) is 0 Å². The monoisotopic (exact) mass is 479 g/mol. The zero-order chi connectivity index (χ0) is 24.9. The van der Waals surface area contributed by atoms with Crippen molar-refractivity contribution in [2.45, 2.75) is 31.3 Å². The zero-order valence-electron chi connectivity index (χ0n) is 19.6. The Morgan fingerprint density at radius 2 is 1.74 bits per heavy atom. The number of ether oxygens (including phenoxy) is 2. The molecule has 2 fully saturated rings. The number of hydrogen-bond acceptors (Lipinski definition) is 8. The van der Waals surface area contributed by atoms with Crippen molar-refractivity contribution in [2.75, 3.05) is 20.3 Å². The molecule has 1 aromatic heterocycles. The number of amidine groups is 1. The highest BCUT2D eigenvalue weighted by atomic mass is 16.6. The average molecular weight is 480 g/mol. The molecule has 0 bridgehead atoms. The summed E-state index contributed by atoms with van der Waals surface area (Å²) >= 11 is 0. The number of aliphatic hydroxyl groups is 2. The van der Waals surface area contributed by atoms with Crippen LogP contribution < -0.4 is 10.7 Å². The Kier molecular flexibility index (Phi) is 7.57. The SMILES string of the molecule is C=C/C(=N\NC)NC(=O)c1ccc(-c2ccc3nc(C)[nH]c3c2)cc1.OC1COC2C(O)COC12. The van der Waals surface area contributed by atoms with E-state index in [2.05, 4.69) is 38.5 Å². The molecule has 3 aromatic rings. The molecule has 0 saturated carbocycles. The van der Waals surface area contributed by atoms with Gasteiger partial charge in [0.2, 0.25) is 0 Å². The molecule has 10 nitrogen and oxygen atoms in total. The Morgan fingerprint density at radius 3 is 2.34 bits per heavy atom. The van der Waals surface area contributed by atoms with Crippen LogP contribution in [0.15, 0.2) is 60.2 Å². The fourth-order valence-electron chi connectivity index (χ4n) is 4.02. The molecule has 2 aliphatic heterocycles. The Bertz CT molecular complexity index is 1210. The lowest BCUT2D eigenvalue weighted by molar-refractivity contribution is 0.00205. The van der Waals surface area contributed by atoms with Crippen LogP contribution in [-0.4, -0.2) is 76.6 Å². The number of aromatic amines is 1. The minimum Gasteiger partial charge on any atom is -0.388 e. The van der Waals surface area contributed by atoms with Crippen molar-refractivity contribution in [1.82, 2.24) is 20.7 Å². The third kappa shape index (κ3) is 5.57. The van der Waals surface area contributed by atoms with E-state index in [1.54, 1.807) is 19.2 Å². The van der Waals surface area contributed by atoms with Crippen molar-refractivity contribution in [2.24, 2.45) is 5.10 Å². The summed E-state index contributed by atoms with van der Waals surface area (Å²) in [6.45, 7) is 6.11. The summed E-state index contributed by atoms with van der Waals surface area (Å²) in [6.07, 6.45) is -0.223. The smallest absolute Gasteiger partial charge is 0.256 e. The minimum atomic E-state index is -0.554. The van der Waals surface area contributed by atoms with Crippen LogP contribution in [0, 0.1) is 6.92 Å². The van der Waals surface area contributed by atoms with Gasteiger partial charge in [0.15, 0.2) is 5.84 Å². The first-order chi connectivity index (χ1) is 16.9. The molecule has 5 rings (SSSR count). The van der Waals surface area contributed by atoms with Gasteiger partial charge >= 0.3 is 0 Å². The highest BCUT2D eigenvalue weighted by molar-refractivity contribution is 6.10. The number of hydrogen-bond donors (Lipinski definition) is 5. The lowest BCUT2D eigenvalue weighted by Crippen LogP contribution is -2.30. The molecule has 0 spiro atoms. The number of carbonyl (C=O) groups excluding carboxylic acids is 1. The maximum atomic E-state index is 12.2. The van der Waals surface area contributed by atoms with Crippen molar-refractivity contribution >= 4 is 22.8 Å². The second kappa shape index (κ2) is 10.8. The third-order valence-corrected chi connectivity index (χ3v) is 5.75. The molecule has 5 N–H and O–H groups in total. The van der Waals surface area contributed by atoms with Gasteiger partial charge in [-0.25, -0.2) is 4.98 Å². The van der Waals surface area contributed by atoms with Gasteiger partial charge in [-0.2, -0.15) is 5.10 Å². The van der Waals surface area contributed by atoms with E-state index in [1.165, 1.54) is 6.08 Å². The predicted molar refractivity (Wildman–Crippen MR) is 132 cm³/mol. The number of carbonyl (C=O) groups is 1. The summed E-state index contributed by atoms with van der Waals surface area (Å²) in [4.78, 5) is 19.9. The molecule has 184 valence electrons. The van der Waals surface area contributed by atoms with E-state index in [9.17, 15) is 4.79 Å². The Balaban J connectivity index is 0.000000239. The first-order valence-electron chi connectivity index (χ1n) is 11.2. The Hall–Kier alpha value is -3.57. The van der Waals surface area contributed by atoms with E-state index in [-0.39, 0.29) is 31.3 Å². The first-order valence-corrected chi connectivity index (χ1v) is 11.2. The van der Waals surface area contributed by atoms with E-state index in [0.29, 0.717) is 11.4 Å². The van der Waals surface area contributed by atoms with Crippen LogP contribution >= 0.6 is 0 Å². The molecular formula is C25H29N5O5. The lowest BCUT2D eigenvalue weighted by atomic mass is 10.0. The van der Waals surface area contributed by atoms with Crippen molar-refractivity contribution in [1.29, 1.82) is 0 Å². The quantitative estimate of drug-likeness (QED) is 0.217. The van der Waals surface area contributed by atoms with Gasteiger partial charge in [-0.15, -0.1) is 0 Å². The Morgan fingerprint density at radius 1 is 1.11 bits per heavy atom. The Labute approximate surface area is 202 Å². The van der Waals surface area contributed by atoms with Crippen LogP contribution in [-0.2, 0) is 9.47 Å². The summed E-state index contributed by atoms with van der Waals surface area (Å²) in [5, 5.41) is 24.9. The number of imidazole rings is 1. The molecule has 2 aromatic carbocycles. The second-order valence-corrected chi connectivity index (χ2v) is 8.24. The summed E-state index contributed by atoms with van der Waals surface area (Å²) in [6, 6.07) is 13.5. The van der Waals surface area contributed by atoms with E-state index < -0.39 is 12.2 Å². The number of nitrogens with one attached hydrogen (secondary N) is 3. The number of aromatic nitrogens is 2. The number of aliphatic hydroxyl groups excluding tert-OH is 2. The minimum absolute atomic E-state index is 0.236. The number of benzene rings is 2. The molecule has 3 heterocycles. The van der Waals surface area contributed by atoms with Crippen LogP contribution in [0.4, 0.5) is 0 Å². The number of H-pyrrole nitrogens is 1. The van der Waals surface area contributed by atoms with Crippen molar-refractivity contribution in [3.8, 4) is 11.1 Å². The number of amides is 1. The van der Waals surface area contributed by atoms with Gasteiger partial charge in [-0.1, -0.05) is 24.8 Å². The van der Waals surface area contributed by atoms with Crippen LogP contribution in [0.1, 0.15) is 16.2 Å². The van der Waals surface area contributed by atoms with Gasteiger partial charge in [0, 0.05) is 12.6 Å². The highest BCUT2D eigenvalue weighted by Crippen LogP contribution is 2.26. The van der Waals surface area contributed by atoms with Gasteiger partial charge < -0.3 is 35.4 Å². The molecule has 0 radical (unpaired) electrons. The van der Waals surface area contributed by atoms with E-state index in [0.717, 1.165) is 28.0 Å². The van der Waals surface area contributed by atoms with Gasteiger partial charge in [0.25, 0.3) is 5.91 Å². The highest BCUT2D eigenvalue weighted by Gasteiger charge is 2.46. The normalized spacial score (nSPS) is 23.4. The standard InChI is InChI=1S/C19H19N5O.C6H10O4/c1-4-18(24-20-3)23-19(25)14-7-5-13(6-8-14)15-9-10-16-17(11-15)22-12(2)21-16;7-3-1-9-6-4(8)2-10-5(3)6/h4-11,20H,1H2,2-3H3,(H,21,22)(H,23,24,25);3-8H,1-2H2. The largest absolute Gasteiger partial charge is 0.388 e. The molecule has 4 atom stereocenters. The molecule has 0 aliphatic carbocycles. The van der Waals surface area contributed by atoms with Gasteiger partial charge in [0.05, 0.1) is 24.2 Å². The number of hydrazone groups is 1. The summed E-state index contributed by atoms with van der Waals surface area (Å²) < 4.78 is 10.2. The van der Waals surface area contributed by atoms with Gasteiger partial charge in [-0.05, 0) is 48.4 Å². The topological polar surface area (TPSA) is 141 Å². The summed E-state index contributed by atoms with van der Waals surface area (Å²) in [5.41, 5.74) is 7.19. The zero-order valence-corrected chi connectivity index (χ0v) is 19.6. The number of fused-ring (bicyclic) bond motifs is 2. The maximum absolute atomic E-state index is 12.2. The van der Waals surface area contributed by atoms with Gasteiger partial charge in [0.1, 0.15) is 30.2 Å². The predicted octanol–water partition coefficient (Wildman–Crippen LogP) is 1.49. The first kappa shape index (κ1) is 24.6. The fraction of sp³-hybridized carbons (Fsp3) is 0.320. The van der Waals surface area contributed by atoms with E-state index >= 15 is 0 Å². The molecule has 2 aliphatic rings. The van der Waals surface area contributed by atoms with Crippen LogP contribution in [0.3, 0.4) is 0 Å².